The zero-order valence-electron chi connectivity index (χ0n) is 13.4. The summed E-state index contributed by atoms with van der Waals surface area (Å²) in [5.41, 5.74) is 0. The summed E-state index contributed by atoms with van der Waals surface area (Å²) in [5, 5.41) is 10.1. The van der Waals surface area contributed by atoms with Crippen molar-refractivity contribution in [2.24, 2.45) is 0 Å². The zero-order chi connectivity index (χ0) is 15.4. The van der Waals surface area contributed by atoms with E-state index in [0.29, 0.717) is 25.0 Å². The smallest absolute Gasteiger partial charge is 0.251 e. The molecule has 1 saturated carbocycles. The minimum atomic E-state index is -0.447. The lowest BCUT2D eigenvalue weighted by molar-refractivity contribution is -0.135. The van der Waals surface area contributed by atoms with Crippen LogP contribution in [0.4, 0.5) is 0 Å². The molecule has 0 spiro atoms. The molecule has 1 aromatic rings. The first-order valence-corrected chi connectivity index (χ1v) is 8.20. The third-order valence-electron chi connectivity index (χ3n) is 4.38. The minimum Gasteiger partial charge on any atom is -0.366 e. The molecular formula is C15H25ClN4O3. The van der Waals surface area contributed by atoms with E-state index in [9.17, 15) is 4.79 Å². The molecule has 2 unspecified atom stereocenters. The van der Waals surface area contributed by atoms with Gasteiger partial charge in [-0.1, -0.05) is 24.4 Å². The van der Waals surface area contributed by atoms with Crippen molar-refractivity contribution in [3.8, 4) is 0 Å². The summed E-state index contributed by atoms with van der Waals surface area (Å²) in [7, 11) is 0. The van der Waals surface area contributed by atoms with Crippen LogP contribution in [0.3, 0.4) is 0 Å². The summed E-state index contributed by atoms with van der Waals surface area (Å²) < 4.78 is 10.8. The maximum atomic E-state index is 12.1. The van der Waals surface area contributed by atoms with Crippen molar-refractivity contribution in [2.75, 3.05) is 19.7 Å². The van der Waals surface area contributed by atoms with Crippen LogP contribution in [-0.2, 0) is 9.53 Å². The number of hydrogen-bond donors (Lipinski definition) is 2. The van der Waals surface area contributed by atoms with Crippen molar-refractivity contribution in [1.82, 2.24) is 20.8 Å². The molecule has 0 bridgehead atoms. The third kappa shape index (κ3) is 4.65. The van der Waals surface area contributed by atoms with Crippen LogP contribution in [0.2, 0.25) is 0 Å². The second-order valence-corrected chi connectivity index (χ2v) is 6.12. The Bertz CT molecular complexity index is 499. The lowest BCUT2D eigenvalue weighted by Gasteiger charge is -2.23. The Labute approximate surface area is 142 Å². The number of carbonyl (C=O) groups is 1. The van der Waals surface area contributed by atoms with Gasteiger partial charge >= 0.3 is 0 Å². The molecule has 2 heterocycles. The highest BCUT2D eigenvalue weighted by atomic mass is 35.5. The van der Waals surface area contributed by atoms with Crippen LogP contribution in [0.15, 0.2) is 4.52 Å². The second-order valence-electron chi connectivity index (χ2n) is 6.12. The van der Waals surface area contributed by atoms with Gasteiger partial charge in [-0.05, 0) is 19.8 Å². The number of rotatable bonds is 4. The third-order valence-corrected chi connectivity index (χ3v) is 4.38. The molecule has 1 aliphatic heterocycles. The standard InChI is InChI=1S/C15H24N4O3.ClH/c1-10(17-14(20)12-9-16-7-8-21-12)15-18-13(19-22-15)11-5-3-2-4-6-11;/h10-12,16H,2-9H2,1H3,(H,17,20);1H. The molecule has 1 amide bonds. The van der Waals surface area contributed by atoms with Crippen molar-refractivity contribution < 1.29 is 14.1 Å². The lowest BCUT2D eigenvalue weighted by atomic mass is 9.89. The number of aromatic nitrogens is 2. The first-order valence-electron chi connectivity index (χ1n) is 8.20. The van der Waals surface area contributed by atoms with Crippen molar-refractivity contribution in [3.63, 3.8) is 0 Å². The highest BCUT2D eigenvalue weighted by Gasteiger charge is 2.26. The van der Waals surface area contributed by atoms with Crippen LogP contribution in [0.25, 0.3) is 0 Å². The molecule has 2 N–H and O–H groups in total. The molecule has 2 fully saturated rings. The number of ether oxygens (including phenoxy) is 1. The van der Waals surface area contributed by atoms with Gasteiger partial charge in [-0.25, -0.2) is 0 Å². The molecular weight excluding hydrogens is 320 g/mol. The summed E-state index contributed by atoms with van der Waals surface area (Å²) in [6.45, 7) is 3.73. The van der Waals surface area contributed by atoms with Crippen LogP contribution < -0.4 is 10.6 Å². The van der Waals surface area contributed by atoms with Gasteiger partial charge in [0.25, 0.3) is 5.91 Å². The first-order chi connectivity index (χ1) is 10.7. The number of halogens is 1. The molecule has 2 atom stereocenters. The fourth-order valence-electron chi connectivity index (χ4n) is 3.05. The van der Waals surface area contributed by atoms with Crippen molar-refractivity contribution >= 4 is 18.3 Å². The number of nitrogens with zero attached hydrogens (tertiary/aromatic N) is 2. The summed E-state index contributed by atoms with van der Waals surface area (Å²) in [5.74, 6) is 1.52. The Morgan fingerprint density at radius 2 is 2.13 bits per heavy atom. The largest absolute Gasteiger partial charge is 0.366 e. The maximum absolute atomic E-state index is 12.1. The van der Waals surface area contributed by atoms with Gasteiger partial charge in [0.05, 0.1) is 6.61 Å². The average molecular weight is 345 g/mol. The predicted molar refractivity (Wildman–Crippen MR) is 86.5 cm³/mol. The molecule has 7 nitrogen and oxygen atoms in total. The predicted octanol–water partition coefficient (Wildman–Crippen LogP) is 1.70. The van der Waals surface area contributed by atoms with Crippen molar-refractivity contribution in [2.45, 2.75) is 57.1 Å². The van der Waals surface area contributed by atoms with E-state index in [-0.39, 0.29) is 24.4 Å². The molecule has 130 valence electrons. The number of nitrogens with one attached hydrogen (secondary N) is 2. The highest BCUT2D eigenvalue weighted by molar-refractivity contribution is 5.85. The van der Waals surface area contributed by atoms with E-state index < -0.39 is 6.10 Å². The summed E-state index contributed by atoms with van der Waals surface area (Å²) in [6.07, 6.45) is 5.56. The Morgan fingerprint density at radius 3 is 2.83 bits per heavy atom. The first kappa shape index (κ1) is 18.2. The van der Waals surface area contributed by atoms with E-state index in [1.807, 2.05) is 6.92 Å². The normalized spacial score (nSPS) is 23.8. The fraction of sp³-hybridized carbons (Fsp3) is 0.800. The molecule has 8 heteroatoms. The van der Waals surface area contributed by atoms with Gasteiger partial charge in [0.1, 0.15) is 12.1 Å². The Morgan fingerprint density at radius 1 is 1.35 bits per heavy atom. The molecule has 23 heavy (non-hydrogen) atoms. The molecule has 0 radical (unpaired) electrons. The number of hydrogen-bond acceptors (Lipinski definition) is 6. The van der Waals surface area contributed by atoms with Gasteiger partial charge in [-0.2, -0.15) is 4.98 Å². The molecule has 1 aliphatic carbocycles. The van der Waals surface area contributed by atoms with E-state index in [2.05, 4.69) is 20.8 Å². The van der Waals surface area contributed by atoms with Gasteiger partial charge in [0, 0.05) is 19.0 Å². The van der Waals surface area contributed by atoms with Gasteiger partial charge in [0.15, 0.2) is 5.82 Å². The zero-order valence-corrected chi connectivity index (χ0v) is 14.2. The number of amides is 1. The van der Waals surface area contributed by atoms with Gasteiger partial charge in [-0.15, -0.1) is 12.4 Å². The maximum Gasteiger partial charge on any atom is 0.251 e. The average Bonchev–Trinajstić information content (AvgIpc) is 3.06. The van der Waals surface area contributed by atoms with Crippen LogP contribution in [0.1, 0.15) is 62.7 Å². The summed E-state index contributed by atoms with van der Waals surface area (Å²) in [4.78, 5) is 16.6. The molecule has 3 rings (SSSR count). The van der Waals surface area contributed by atoms with E-state index in [1.165, 1.54) is 19.3 Å². The number of carbonyl (C=O) groups excluding carboxylic acids is 1. The summed E-state index contributed by atoms with van der Waals surface area (Å²) in [6, 6.07) is -0.303. The van der Waals surface area contributed by atoms with E-state index in [0.717, 1.165) is 25.2 Å². The fourth-order valence-corrected chi connectivity index (χ4v) is 3.05. The van der Waals surface area contributed by atoms with E-state index in [1.54, 1.807) is 0 Å². The SMILES string of the molecule is CC(NC(=O)C1CNCCO1)c1nc(C2CCCCC2)no1.Cl. The number of morpholine rings is 1. The molecule has 2 aliphatic rings. The van der Waals surface area contributed by atoms with Crippen molar-refractivity contribution in [3.05, 3.63) is 11.7 Å². The van der Waals surface area contributed by atoms with Crippen LogP contribution >= 0.6 is 12.4 Å². The Hall–Kier alpha value is -1.18. The Kier molecular flexibility index (Phi) is 6.80. The van der Waals surface area contributed by atoms with Gasteiger partial charge in [-0.3, -0.25) is 4.79 Å². The van der Waals surface area contributed by atoms with E-state index >= 15 is 0 Å². The monoisotopic (exact) mass is 344 g/mol. The minimum absolute atomic E-state index is 0. The molecule has 1 saturated heterocycles. The van der Waals surface area contributed by atoms with Crippen molar-refractivity contribution in [1.29, 1.82) is 0 Å². The molecule has 0 aromatic carbocycles. The van der Waals surface area contributed by atoms with Gasteiger partial charge in [0.2, 0.25) is 5.89 Å². The van der Waals surface area contributed by atoms with E-state index in [4.69, 9.17) is 9.26 Å². The van der Waals surface area contributed by atoms with Crippen LogP contribution in [0.5, 0.6) is 0 Å². The topological polar surface area (TPSA) is 89.3 Å². The second kappa shape index (κ2) is 8.61. The molecule has 1 aromatic heterocycles. The van der Waals surface area contributed by atoms with Crippen LogP contribution in [-0.4, -0.2) is 41.8 Å². The van der Waals surface area contributed by atoms with Gasteiger partial charge < -0.3 is 19.9 Å². The summed E-state index contributed by atoms with van der Waals surface area (Å²) >= 11 is 0. The quantitative estimate of drug-likeness (QED) is 0.864. The van der Waals surface area contributed by atoms with Crippen LogP contribution in [0, 0.1) is 0 Å². The highest BCUT2D eigenvalue weighted by Crippen LogP contribution is 2.31. The Balaban J connectivity index is 0.00000192. The lowest BCUT2D eigenvalue weighted by Crippen LogP contribution is -2.48.